The number of carbonyl (C=O) groups excluding carboxylic acids is 20. The van der Waals surface area contributed by atoms with Crippen LogP contribution in [-0.4, -0.2) is 266 Å². The fourth-order valence-corrected chi connectivity index (χ4v) is 11.1. The van der Waals surface area contributed by atoms with Crippen LogP contribution in [0.25, 0.3) is 0 Å². The number of nitrogens with one attached hydrogen (secondary N) is 1. The van der Waals surface area contributed by atoms with Crippen molar-refractivity contribution >= 4 is 120 Å². The smallest absolute Gasteiger partial charge is 0.463 e. The molecule has 1 aromatic heterocycles. The number of para-hydroxylation sites is 1. The minimum absolute atomic E-state index is 0.00546. The molecule has 732 valence electrons. The molecule has 0 bridgehead atoms. The maximum absolute atomic E-state index is 11.5. The zero-order valence-electron chi connectivity index (χ0n) is 73.7. The second-order valence-electron chi connectivity index (χ2n) is 29.1. The Bertz CT molecular complexity index is 4710. The zero-order valence-corrected chi connectivity index (χ0v) is 73.7. The minimum atomic E-state index is -0.889. The van der Waals surface area contributed by atoms with Crippen LogP contribution in [0, 0.1) is 12.8 Å². The van der Waals surface area contributed by atoms with Crippen molar-refractivity contribution in [2.45, 2.75) is 167 Å². The fourth-order valence-electron chi connectivity index (χ4n) is 11.1. The predicted octanol–water partition coefficient (Wildman–Crippen LogP) is 3.70. The second-order valence-corrected chi connectivity index (χ2v) is 29.1. The van der Waals surface area contributed by atoms with Crippen molar-refractivity contribution in [3.8, 4) is 5.75 Å². The monoisotopic (exact) mass is 1900 g/mol. The third kappa shape index (κ3) is 49.7. The first-order valence-corrected chi connectivity index (χ1v) is 42.2. The highest BCUT2D eigenvalue weighted by Gasteiger charge is 2.31. The molecule has 46 nitrogen and oxygen atoms in total. The molecule has 0 radical (unpaired) electrons. The van der Waals surface area contributed by atoms with Crippen LogP contribution in [0.1, 0.15) is 121 Å². The summed E-state index contributed by atoms with van der Waals surface area (Å²) in [6, 6.07) is 17.7. The quantitative estimate of drug-likeness (QED) is 0.0212. The normalized spacial score (nSPS) is 19.1. The Morgan fingerprint density at radius 1 is 0.370 bits per heavy atom. The Hall–Kier alpha value is -15.0. The molecule has 46 heteroatoms. The zero-order chi connectivity index (χ0) is 98.1. The number of hydrogen-bond acceptors (Lipinski definition) is 45. The molecule has 2 aromatic carbocycles. The van der Waals surface area contributed by atoms with Gasteiger partial charge in [-0.1, -0.05) is 62.4 Å². The molecular weight excluding hydrogens is 1800 g/mol. The van der Waals surface area contributed by atoms with Gasteiger partial charge in [0.05, 0.1) is 32.3 Å². The number of nitrogens with zero attached hydrogens (tertiary/aromatic N) is 1. The molecule has 0 spiro atoms. The molecule has 8 aliphatic rings. The molecule has 8 aliphatic heterocycles. The van der Waals surface area contributed by atoms with E-state index in [0.29, 0.717) is 89.4 Å². The van der Waals surface area contributed by atoms with Gasteiger partial charge in [-0.15, -0.1) is 0 Å². The van der Waals surface area contributed by atoms with Crippen LogP contribution in [0.15, 0.2) is 147 Å². The van der Waals surface area contributed by atoms with E-state index in [0.717, 1.165) is 124 Å². The average molecular weight is 1900 g/mol. The van der Waals surface area contributed by atoms with Gasteiger partial charge in [-0.25, -0.2) is 67.1 Å². The first-order chi connectivity index (χ1) is 64.7. The lowest BCUT2D eigenvalue weighted by atomic mass is 10.2. The van der Waals surface area contributed by atoms with Crippen molar-refractivity contribution < 1.29 is 204 Å². The molecule has 135 heavy (non-hydrogen) atoms. The second kappa shape index (κ2) is 61.6. The van der Waals surface area contributed by atoms with Crippen LogP contribution in [0.2, 0.25) is 0 Å². The van der Waals surface area contributed by atoms with E-state index in [9.17, 15) is 101 Å². The van der Waals surface area contributed by atoms with Gasteiger partial charge in [0.1, 0.15) is 95.2 Å². The van der Waals surface area contributed by atoms with Crippen molar-refractivity contribution in [3.63, 3.8) is 0 Å². The van der Waals surface area contributed by atoms with Gasteiger partial charge in [0.25, 0.3) is 0 Å². The van der Waals surface area contributed by atoms with Gasteiger partial charge < -0.3 is 114 Å². The summed E-state index contributed by atoms with van der Waals surface area (Å²) in [5.41, 5.74) is 0.856. The fraction of sp³-hybridized carbons (Fsp3) is 0.472. The highest BCUT2D eigenvalue weighted by atomic mass is 16.7. The van der Waals surface area contributed by atoms with Gasteiger partial charge in [0.2, 0.25) is 6.79 Å². The predicted molar refractivity (Wildman–Crippen MR) is 444 cm³/mol. The van der Waals surface area contributed by atoms with Crippen LogP contribution in [-0.2, 0) is 199 Å². The number of hydrogen-bond donors (Lipinski definition) is 1. The number of benzene rings is 2. The summed E-state index contributed by atoms with van der Waals surface area (Å²) in [6.45, 7) is 8.80. The number of carbonyl (C=O) groups is 20. The van der Waals surface area contributed by atoms with Crippen LogP contribution in [0.3, 0.4) is 0 Å². The average Bonchev–Trinajstić information content (AvgIpc) is 1.74. The van der Waals surface area contributed by atoms with Crippen molar-refractivity contribution in [1.82, 2.24) is 10.2 Å². The largest absolute Gasteiger partial charge is 0.519 e. The maximum Gasteiger partial charge on any atom is 0.519 e. The third-order valence-electron chi connectivity index (χ3n) is 18.0. The topological polar surface area (TPSA) is 594 Å². The molecule has 1 N–H and O–H groups in total. The minimum Gasteiger partial charge on any atom is -0.463 e. The van der Waals surface area contributed by atoms with Gasteiger partial charge in [0.15, 0.2) is 24.2 Å². The molecule has 7 unspecified atom stereocenters. The van der Waals surface area contributed by atoms with Gasteiger partial charge >= 0.3 is 125 Å². The highest BCUT2D eigenvalue weighted by Crippen LogP contribution is 2.20. The Morgan fingerprint density at radius 2 is 0.696 bits per heavy atom. The van der Waals surface area contributed by atoms with Gasteiger partial charge in [0, 0.05) is 125 Å². The molecule has 0 aliphatic carbocycles. The summed E-state index contributed by atoms with van der Waals surface area (Å²) in [5, 5.41) is 2.41. The lowest BCUT2D eigenvalue weighted by molar-refractivity contribution is -0.167. The molecular formula is C89H102N2O44. The van der Waals surface area contributed by atoms with Gasteiger partial charge in [-0.3, -0.25) is 38.5 Å². The Morgan fingerprint density at radius 3 is 1.02 bits per heavy atom. The lowest BCUT2D eigenvalue weighted by Crippen LogP contribution is -2.36. The number of esters is 19. The molecule has 7 atom stereocenters. The number of morpholine rings is 1. The summed E-state index contributed by atoms with van der Waals surface area (Å²) in [4.78, 5) is 237. The molecule has 9 heterocycles. The van der Waals surface area contributed by atoms with E-state index in [1.807, 2.05) is 30.3 Å². The number of cyclic esters (lactones) is 7. The Balaban J connectivity index is 0.000000249. The van der Waals surface area contributed by atoms with Crippen LogP contribution in [0.4, 0.5) is 4.79 Å². The number of unbranched alkanes of at least 4 members (excludes halogenated alkanes) is 1. The van der Waals surface area contributed by atoms with Crippen LogP contribution in [0.5, 0.6) is 5.75 Å². The Labute approximate surface area is 769 Å². The Kier molecular flexibility index (Phi) is 49.6. The van der Waals surface area contributed by atoms with E-state index in [1.165, 1.54) is 6.92 Å². The summed E-state index contributed by atoms with van der Waals surface area (Å²) >= 11 is 0. The van der Waals surface area contributed by atoms with E-state index >= 15 is 0 Å². The van der Waals surface area contributed by atoms with Crippen molar-refractivity contribution in [2.24, 2.45) is 5.92 Å². The number of amides is 1. The summed E-state index contributed by atoms with van der Waals surface area (Å²) in [7, 11) is 0. The SMILES string of the molecule is CC(C)C(=O)OCOC(=O)/C=C/C(=O)OCC1CCC(=O)O1.Cc1oc(=O)oc1COC(=O)/C=C/C(=O)OCC1CCC(=O)O1.O=C(/C=C/C(=O)OCC1CCC(=O)O1)OCCCCN1CCOCC1.O=C(/C=C/C(=O)OCC1CCC(=O)O1)OCc1ccccc1.O=C(/C=C/C(=O)OCC1CNC(=O)O1)OCC1CCC(=O)O1.O=C(/C=C/C(=O)Oc1ccccc1)OCC1CCC(=O)O1. The van der Waals surface area contributed by atoms with E-state index in [4.69, 9.17) is 90.0 Å². The van der Waals surface area contributed by atoms with Crippen LogP contribution >= 0.6 is 0 Å². The van der Waals surface area contributed by atoms with Crippen LogP contribution < -0.4 is 15.9 Å². The van der Waals surface area contributed by atoms with Crippen molar-refractivity contribution in [3.05, 3.63) is 161 Å². The first kappa shape index (κ1) is 109. The molecule has 8 saturated heterocycles. The number of alkyl carbamates (subject to hydrolysis) is 1. The molecule has 0 saturated carbocycles. The summed E-state index contributed by atoms with van der Waals surface area (Å²) in [5.74, 6) is -11.5. The highest BCUT2D eigenvalue weighted by molar-refractivity contribution is 5.95. The van der Waals surface area contributed by atoms with Crippen molar-refractivity contribution in [2.75, 3.05) is 99.0 Å². The van der Waals surface area contributed by atoms with E-state index in [1.54, 1.807) is 44.2 Å². The summed E-state index contributed by atoms with van der Waals surface area (Å²) < 4.78 is 111. The number of ether oxygens (including phenoxy) is 21. The molecule has 3 aromatic rings. The summed E-state index contributed by atoms with van der Waals surface area (Å²) in [6.07, 6.45) is 14.5. The third-order valence-corrected chi connectivity index (χ3v) is 18.0. The molecule has 8 fully saturated rings. The maximum atomic E-state index is 11.5. The molecule has 11 rings (SSSR count). The number of aryl methyl sites for hydroxylation is 1. The van der Waals surface area contributed by atoms with E-state index in [2.05, 4.69) is 28.5 Å². The number of rotatable bonds is 39. The lowest BCUT2D eigenvalue weighted by Gasteiger charge is -2.26. The van der Waals surface area contributed by atoms with Crippen molar-refractivity contribution in [1.29, 1.82) is 0 Å². The first-order valence-electron chi connectivity index (χ1n) is 42.2. The van der Waals surface area contributed by atoms with E-state index < -0.39 is 133 Å². The standard InChI is InChI=1S/C17H25NO7.C16H16O6.C15H14O6.C14H14O9.C14H18O8.C13H15NO8/c19-15(23-10-2-1-7-18-8-11-22-12-9-18)5-6-16(20)24-13-14-3-4-17(21)25-14;17-14(20-10-12-4-2-1-3-5-12)8-9-15(18)21-11-13-6-7-16(19)22-13;16-13(19-10-12-6-7-14(17)21-12)8-9-15(18)20-11-4-2-1-3-5-11;1-8-10(23-14(18)21-8)7-20-12(16)5-4-11(15)19-6-9-2-3-13(17)22-9;1-9(2)14(18)21-8-20-12(16)6-5-11(15)19-7-10-3-4-13(17)22-10;15-10(19-6-8-1-2-12(17)21-8)3-4-11(16)20-7-9-5-14-13(18)22-9/h5-6,14H,1-4,7-13H2;1-5,8-9,13H,6-7,10-11H2;1-5,8-9,12H,6-7,10H2;4-5,9H,2-3,6-7H2,1H3;5-6,9-10H,3-4,7-8H2,1-2H3;3-4,8-9H,1-2,5-7H2,(H,14,18)/b6-5+;2*9-8+;5-4+;6-5+;4-3+. The van der Waals surface area contributed by atoms with Gasteiger partial charge in [-0.2, -0.15) is 0 Å². The van der Waals surface area contributed by atoms with E-state index in [-0.39, 0.29) is 125 Å². The van der Waals surface area contributed by atoms with Gasteiger partial charge in [-0.05, 0) is 82.5 Å². The molecule has 1 amide bonds.